The SMILES string of the molecule is Cc1nc(CC(C)C)oc1C(=O)NC1CCCc2sccc21. The summed E-state index contributed by atoms with van der Waals surface area (Å²) in [5.41, 5.74) is 1.94. The third-order valence-electron chi connectivity index (χ3n) is 3.99. The van der Waals surface area contributed by atoms with Gasteiger partial charge in [-0.3, -0.25) is 4.79 Å². The Morgan fingerprint density at radius 3 is 3.14 bits per heavy atom. The molecule has 0 aromatic carbocycles. The lowest BCUT2D eigenvalue weighted by Gasteiger charge is -2.23. The number of hydrogen-bond donors (Lipinski definition) is 1. The summed E-state index contributed by atoms with van der Waals surface area (Å²) in [7, 11) is 0. The van der Waals surface area contributed by atoms with Crippen LogP contribution in [0.25, 0.3) is 0 Å². The van der Waals surface area contributed by atoms with E-state index in [2.05, 4.69) is 35.6 Å². The van der Waals surface area contributed by atoms with Crippen LogP contribution >= 0.6 is 11.3 Å². The fraction of sp³-hybridized carbons (Fsp3) is 0.529. The van der Waals surface area contributed by atoms with Crippen molar-refractivity contribution in [2.75, 3.05) is 0 Å². The van der Waals surface area contributed by atoms with Gasteiger partial charge in [-0.2, -0.15) is 0 Å². The maximum Gasteiger partial charge on any atom is 0.289 e. The number of amides is 1. The Morgan fingerprint density at radius 1 is 1.55 bits per heavy atom. The van der Waals surface area contributed by atoms with Crippen LogP contribution in [0.2, 0.25) is 0 Å². The van der Waals surface area contributed by atoms with Crippen molar-refractivity contribution in [3.63, 3.8) is 0 Å². The fourth-order valence-corrected chi connectivity index (χ4v) is 3.95. The van der Waals surface area contributed by atoms with E-state index in [-0.39, 0.29) is 11.9 Å². The van der Waals surface area contributed by atoms with Crippen molar-refractivity contribution in [2.45, 2.75) is 52.5 Å². The second-order valence-electron chi connectivity index (χ2n) is 6.34. The average Bonchev–Trinajstić information content (AvgIpc) is 3.05. The van der Waals surface area contributed by atoms with E-state index in [0.29, 0.717) is 23.3 Å². The van der Waals surface area contributed by atoms with Crippen LogP contribution in [0.5, 0.6) is 0 Å². The Labute approximate surface area is 134 Å². The Balaban J connectivity index is 1.74. The number of aryl methyl sites for hydroxylation is 2. The molecule has 1 atom stereocenters. The molecule has 1 N–H and O–H groups in total. The van der Waals surface area contributed by atoms with Gasteiger partial charge in [0.1, 0.15) is 0 Å². The molecular formula is C17H22N2O2S. The molecule has 2 aromatic rings. The van der Waals surface area contributed by atoms with Gasteiger partial charge in [0.15, 0.2) is 5.89 Å². The normalized spacial score (nSPS) is 17.5. The van der Waals surface area contributed by atoms with Crippen molar-refractivity contribution in [3.05, 3.63) is 39.2 Å². The highest BCUT2D eigenvalue weighted by Gasteiger charge is 2.25. The van der Waals surface area contributed by atoms with Crippen LogP contribution in [0.3, 0.4) is 0 Å². The molecular weight excluding hydrogens is 296 g/mol. The van der Waals surface area contributed by atoms with Crippen LogP contribution in [0.1, 0.15) is 65.3 Å². The summed E-state index contributed by atoms with van der Waals surface area (Å²) in [6.07, 6.45) is 3.99. The number of aromatic nitrogens is 1. The predicted octanol–water partition coefficient (Wildman–Crippen LogP) is 4.05. The average molecular weight is 318 g/mol. The number of nitrogens with one attached hydrogen (secondary N) is 1. The summed E-state index contributed by atoms with van der Waals surface area (Å²) in [6, 6.07) is 2.22. The first kappa shape index (κ1) is 15.3. The van der Waals surface area contributed by atoms with E-state index < -0.39 is 0 Å². The highest BCUT2D eigenvalue weighted by molar-refractivity contribution is 7.10. The molecule has 1 aliphatic rings. The van der Waals surface area contributed by atoms with Gasteiger partial charge in [0.25, 0.3) is 5.91 Å². The van der Waals surface area contributed by atoms with Crippen LogP contribution in [0, 0.1) is 12.8 Å². The van der Waals surface area contributed by atoms with E-state index in [9.17, 15) is 4.79 Å². The molecule has 118 valence electrons. The Hall–Kier alpha value is -1.62. The Kier molecular flexibility index (Phi) is 4.34. The first-order valence-electron chi connectivity index (χ1n) is 7.88. The smallest absolute Gasteiger partial charge is 0.289 e. The third kappa shape index (κ3) is 3.09. The lowest BCUT2D eigenvalue weighted by Crippen LogP contribution is -2.30. The minimum atomic E-state index is -0.149. The summed E-state index contributed by atoms with van der Waals surface area (Å²) in [5, 5.41) is 5.23. The molecule has 3 rings (SSSR count). The zero-order valence-corrected chi connectivity index (χ0v) is 14.1. The predicted molar refractivity (Wildman–Crippen MR) is 87.2 cm³/mol. The van der Waals surface area contributed by atoms with Crippen LogP contribution in [0.4, 0.5) is 0 Å². The molecule has 5 heteroatoms. The molecule has 22 heavy (non-hydrogen) atoms. The number of hydrogen-bond acceptors (Lipinski definition) is 4. The van der Waals surface area contributed by atoms with Gasteiger partial charge in [-0.1, -0.05) is 13.8 Å². The number of rotatable bonds is 4. The molecule has 0 radical (unpaired) electrons. The van der Waals surface area contributed by atoms with Crippen LogP contribution in [-0.2, 0) is 12.8 Å². The van der Waals surface area contributed by atoms with Crippen LogP contribution in [-0.4, -0.2) is 10.9 Å². The van der Waals surface area contributed by atoms with Crippen LogP contribution < -0.4 is 5.32 Å². The van der Waals surface area contributed by atoms with Gasteiger partial charge >= 0.3 is 0 Å². The van der Waals surface area contributed by atoms with Crippen molar-refractivity contribution in [2.24, 2.45) is 5.92 Å². The highest BCUT2D eigenvalue weighted by Crippen LogP contribution is 2.33. The fourth-order valence-electron chi connectivity index (χ4n) is 2.96. The standard InChI is InChI=1S/C17H22N2O2S/c1-10(2)9-15-18-11(3)16(21-15)17(20)19-13-5-4-6-14-12(13)7-8-22-14/h7-8,10,13H,4-6,9H2,1-3H3,(H,19,20). The minimum Gasteiger partial charge on any atom is -0.435 e. The van der Waals surface area contributed by atoms with Gasteiger partial charge in [0.05, 0.1) is 11.7 Å². The number of fused-ring (bicyclic) bond motifs is 1. The molecule has 0 saturated heterocycles. The van der Waals surface area contributed by atoms with Gasteiger partial charge in [-0.25, -0.2) is 4.98 Å². The molecule has 0 aliphatic heterocycles. The maximum atomic E-state index is 12.5. The number of thiophene rings is 1. The third-order valence-corrected chi connectivity index (χ3v) is 4.98. The molecule has 4 nitrogen and oxygen atoms in total. The van der Waals surface area contributed by atoms with Crippen molar-refractivity contribution in [3.8, 4) is 0 Å². The van der Waals surface area contributed by atoms with Crippen molar-refractivity contribution in [1.82, 2.24) is 10.3 Å². The van der Waals surface area contributed by atoms with E-state index >= 15 is 0 Å². The number of nitrogens with zero attached hydrogens (tertiary/aromatic N) is 1. The molecule has 0 bridgehead atoms. The van der Waals surface area contributed by atoms with E-state index in [4.69, 9.17) is 4.42 Å². The van der Waals surface area contributed by atoms with E-state index in [1.54, 1.807) is 11.3 Å². The highest BCUT2D eigenvalue weighted by atomic mass is 32.1. The van der Waals surface area contributed by atoms with Gasteiger partial charge in [-0.15, -0.1) is 11.3 Å². The van der Waals surface area contributed by atoms with Gasteiger partial charge in [0, 0.05) is 11.3 Å². The van der Waals surface area contributed by atoms with E-state index in [0.717, 1.165) is 25.7 Å². The molecule has 1 aliphatic carbocycles. The summed E-state index contributed by atoms with van der Waals surface area (Å²) in [4.78, 5) is 18.3. The van der Waals surface area contributed by atoms with Crippen molar-refractivity contribution in [1.29, 1.82) is 0 Å². The quantitative estimate of drug-likeness (QED) is 0.925. The number of carbonyl (C=O) groups is 1. The zero-order valence-electron chi connectivity index (χ0n) is 13.3. The van der Waals surface area contributed by atoms with Gasteiger partial charge < -0.3 is 9.73 Å². The van der Waals surface area contributed by atoms with E-state index in [1.807, 2.05) is 6.92 Å². The minimum absolute atomic E-state index is 0.0977. The van der Waals surface area contributed by atoms with Gasteiger partial charge in [-0.05, 0) is 49.1 Å². The molecule has 2 aromatic heterocycles. The van der Waals surface area contributed by atoms with Gasteiger partial charge in [0.2, 0.25) is 5.76 Å². The summed E-state index contributed by atoms with van der Waals surface area (Å²) in [6.45, 7) is 6.05. The largest absolute Gasteiger partial charge is 0.435 e. The summed E-state index contributed by atoms with van der Waals surface area (Å²) >= 11 is 1.78. The first-order chi connectivity index (χ1) is 10.5. The molecule has 1 amide bonds. The lowest BCUT2D eigenvalue weighted by molar-refractivity contribution is 0.0901. The van der Waals surface area contributed by atoms with Crippen molar-refractivity contribution < 1.29 is 9.21 Å². The number of carbonyl (C=O) groups excluding carboxylic acids is 1. The lowest BCUT2D eigenvalue weighted by atomic mass is 9.94. The monoisotopic (exact) mass is 318 g/mol. The summed E-state index contributed by atoms with van der Waals surface area (Å²) in [5.74, 6) is 1.32. The van der Waals surface area contributed by atoms with Crippen LogP contribution in [0.15, 0.2) is 15.9 Å². The first-order valence-corrected chi connectivity index (χ1v) is 8.76. The topological polar surface area (TPSA) is 55.1 Å². The van der Waals surface area contributed by atoms with E-state index in [1.165, 1.54) is 10.4 Å². The zero-order chi connectivity index (χ0) is 15.7. The molecule has 0 saturated carbocycles. The molecule has 0 spiro atoms. The Morgan fingerprint density at radius 2 is 2.36 bits per heavy atom. The second kappa shape index (κ2) is 6.24. The second-order valence-corrected chi connectivity index (χ2v) is 7.34. The Bertz CT molecular complexity index is 672. The number of oxazole rings is 1. The molecule has 2 heterocycles. The van der Waals surface area contributed by atoms with Crippen molar-refractivity contribution >= 4 is 17.2 Å². The summed E-state index contributed by atoms with van der Waals surface area (Å²) < 4.78 is 5.68. The maximum absolute atomic E-state index is 12.5. The molecule has 1 unspecified atom stereocenters. The molecule has 0 fully saturated rings.